The van der Waals surface area contributed by atoms with E-state index in [1.807, 2.05) is 18.5 Å². The van der Waals surface area contributed by atoms with Crippen molar-refractivity contribution in [3.05, 3.63) is 76.1 Å². The summed E-state index contributed by atoms with van der Waals surface area (Å²) in [6.45, 7) is 3.62. The Bertz CT molecular complexity index is 1420. The van der Waals surface area contributed by atoms with Gasteiger partial charge in [-0.2, -0.15) is 5.10 Å². The molecule has 11 heteroatoms. The number of nitro benzene ring substituents is 1. The number of nitrogens with one attached hydrogen (secondary N) is 1. The first-order valence-corrected chi connectivity index (χ1v) is 10.7. The highest BCUT2D eigenvalue weighted by Crippen LogP contribution is 2.30. The lowest BCUT2D eigenvalue weighted by molar-refractivity contribution is -0.384. The molecule has 0 saturated carbocycles. The molecule has 1 N–H and O–H groups in total. The Balaban J connectivity index is 1.74. The molecule has 9 nitrogen and oxygen atoms in total. The van der Waals surface area contributed by atoms with Gasteiger partial charge in [-0.3, -0.25) is 19.6 Å². The second-order valence-corrected chi connectivity index (χ2v) is 7.66. The van der Waals surface area contributed by atoms with E-state index in [0.717, 1.165) is 23.4 Å². The number of ether oxygens (including phenoxy) is 1. The Labute approximate surface area is 198 Å². The number of amides is 1. The number of nitro groups is 1. The van der Waals surface area contributed by atoms with Gasteiger partial charge in [0.2, 0.25) is 0 Å². The van der Waals surface area contributed by atoms with Gasteiger partial charge in [-0.05, 0) is 26.0 Å². The van der Waals surface area contributed by atoms with Gasteiger partial charge < -0.3 is 10.1 Å². The number of hydrogen-bond acceptors (Lipinski definition) is 6. The maximum atomic E-state index is 13.3. The number of carbonyl (C=O) groups excluding carboxylic acids is 1. The highest BCUT2D eigenvalue weighted by molar-refractivity contribution is 6.13. The molecule has 2 heterocycles. The Kier molecular flexibility index (Phi) is 6.67. The number of benzene rings is 2. The van der Waals surface area contributed by atoms with E-state index < -0.39 is 29.6 Å². The highest BCUT2D eigenvalue weighted by atomic mass is 19.3. The van der Waals surface area contributed by atoms with E-state index in [-0.39, 0.29) is 17.0 Å². The molecule has 0 unspecified atom stereocenters. The highest BCUT2D eigenvalue weighted by Gasteiger charge is 2.19. The Morgan fingerprint density at radius 2 is 2.00 bits per heavy atom. The average Bonchev–Trinajstić information content (AvgIpc) is 3.22. The van der Waals surface area contributed by atoms with Gasteiger partial charge in [-0.25, -0.2) is 13.8 Å². The summed E-state index contributed by atoms with van der Waals surface area (Å²) in [5.41, 5.74) is 2.70. The number of carbonyl (C=O) groups is 1. The Hall–Kier alpha value is -4.41. The predicted molar refractivity (Wildman–Crippen MR) is 126 cm³/mol. The van der Waals surface area contributed by atoms with E-state index >= 15 is 0 Å². The molecule has 180 valence electrons. The molecule has 0 aliphatic carbocycles. The fraction of sp³-hybridized carbons (Fsp3) is 0.208. The summed E-state index contributed by atoms with van der Waals surface area (Å²) < 4.78 is 31.8. The van der Waals surface area contributed by atoms with Crippen molar-refractivity contribution >= 4 is 28.2 Å². The zero-order chi connectivity index (χ0) is 25.1. The Morgan fingerprint density at radius 3 is 2.69 bits per heavy atom. The second kappa shape index (κ2) is 9.84. The molecule has 0 saturated heterocycles. The van der Waals surface area contributed by atoms with Crippen LogP contribution in [0.4, 0.5) is 20.2 Å². The number of nitrogens with zero attached hydrogens (tertiary/aromatic N) is 4. The summed E-state index contributed by atoms with van der Waals surface area (Å²) in [6, 6.07) is 12.1. The molecule has 0 spiro atoms. The number of aryl methyl sites for hydroxylation is 1. The molecule has 0 aliphatic rings. The van der Waals surface area contributed by atoms with Crippen LogP contribution in [0.15, 0.2) is 54.7 Å². The average molecular weight is 481 g/mol. The molecular formula is C24H21F2N5O4. The van der Waals surface area contributed by atoms with Gasteiger partial charge >= 0.3 is 0 Å². The smallest absolute Gasteiger partial charge is 0.275 e. The normalized spacial score (nSPS) is 11.1. The first-order valence-electron chi connectivity index (χ1n) is 10.7. The van der Waals surface area contributed by atoms with Gasteiger partial charge in [0.05, 0.1) is 39.6 Å². The van der Waals surface area contributed by atoms with Crippen molar-refractivity contribution in [3.8, 4) is 17.0 Å². The monoisotopic (exact) mass is 481 g/mol. The number of halogens is 2. The molecule has 0 radical (unpaired) electrons. The molecule has 0 aliphatic heterocycles. The van der Waals surface area contributed by atoms with Crippen molar-refractivity contribution in [1.82, 2.24) is 14.8 Å². The van der Waals surface area contributed by atoms with Crippen LogP contribution in [0.2, 0.25) is 0 Å². The molecule has 2 aromatic carbocycles. The van der Waals surface area contributed by atoms with Crippen molar-refractivity contribution in [3.63, 3.8) is 0 Å². The van der Waals surface area contributed by atoms with E-state index in [2.05, 4.69) is 15.4 Å². The number of fused-ring (bicyclic) bond motifs is 1. The van der Waals surface area contributed by atoms with Crippen LogP contribution in [0.25, 0.3) is 22.2 Å². The number of anilines is 1. The van der Waals surface area contributed by atoms with E-state index in [1.54, 1.807) is 36.5 Å². The van der Waals surface area contributed by atoms with Gasteiger partial charge in [0.15, 0.2) is 0 Å². The topological polar surface area (TPSA) is 112 Å². The van der Waals surface area contributed by atoms with Crippen LogP contribution in [0, 0.1) is 17.0 Å². The van der Waals surface area contributed by atoms with Crippen LogP contribution in [-0.2, 0) is 6.54 Å². The van der Waals surface area contributed by atoms with Crippen molar-refractivity contribution in [2.45, 2.75) is 26.8 Å². The number of para-hydroxylation sites is 1. The minimum absolute atomic E-state index is 0.0332. The standard InChI is InChI=1S/C24H21F2N5O4/c1-3-30-14(2)20(12-27-30)22-11-19(18-6-4-5-7-21(18)29-22)24(32)28-15-8-16(31(33)34)10-17(9-15)35-13-23(25)26/h4-12,23H,3,13H2,1-2H3,(H,28,32). The maximum Gasteiger partial charge on any atom is 0.275 e. The molecule has 35 heavy (non-hydrogen) atoms. The van der Waals surface area contributed by atoms with E-state index in [4.69, 9.17) is 4.74 Å². The quantitative estimate of drug-likeness (QED) is 0.272. The molecule has 4 rings (SSSR count). The number of pyridine rings is 1. The van der Waals surface area contributed by atoms with Crippen molar-refractivity contribution < 1.29 is 23.2 Å². The minimum Gasteiger partial charge on any atom is -0.487 e. The van der Waals surface area contributed by atoms with Gasteiger partial charge in [0.1, 0.15) is 12.4 Å². The molecule has 0 bridgehead atoms. The number of rotatable bonds is 8. The van der Waals surface area contributed by atoms with Crippen LogP contribution in [-0.4, -0.2) is 38.6 Å². The zero-order valence-corrected chi connectivity index (χ0v) is 18.9. The van der Waals surface area contributed by atoms with Gasteiger partial charge in [-0.15, -0.1) is 0 Å². The summed E-state index contributed by atoms with van der Waals surface area (Å²) in [6.07, 6.45) is -1.07. The van der Waals surface area contributed by atoms with Crippen molar-refractivity contribution in [2.24, 2.45) is 0 Å². The van der Waals surface area contributed by atoms with Crippen molar-refractivity contribution in [1.29, 1.82) is 0 Å². The lowest BCUT2D eigenvalue weighted by Gasteiger charge is -2.12. The number of alkyl halides is 2. The molecule has 2 aromatic heterocycles. The van der Waals surface area contributed by atoms with Crippen LogP contribution in [0.3, 0.4) is 0 Å². The predicted octanol–water partition coefficient (Wildman–Crippen LogP) is 5.23. The third kappa shape index (κ3) is 5.08. The summed E-state index contributed by atoms with van der Waals surface area (Å²) >= 11 is 0. The summed E-state index contributed by atoms with van der Waals surface area (Å²) in [5, 5.41) is 18.9. The van der Waals surface area contributed by atoms with Crippen LogP contribution < -0.4 is 10.1 Å². The van der Waals surface area contributed by atoms with Crippen LogP contribution >= 0.6 is 0 Å². The summed E-state index contributed by atoms with van der Waals surface area (Å²) in [7, 11) is 0. The number of non-ortho nitro benzene ring substituents is 1. The van der Waals surface area contributed by atoms with Crippen LogP contribution in [0.5, 0.6) is 5.75 Å². The molecule has 4 aromatic rings. The Morgan fingerprint density at radius 1 is 1.23 bits per heavy atom. The second-order valence-electron chi connectivity index (χ2n) is 7.66. The lowest BCUT2D eigenvalue weighted by Crippen LogP contribution is -2.14. The summed E-state index contributed by atoms with van der Waals surface area (Å²) in [4.78, 5) is 28.6. The molecule has 0 atom stereocenters. The van der Waals surface area contributed by atoms with E-state index in [9.17, 15) is 23.7 Å². The van der Waals surface area contributed by atoms with Gasteiger partial charge in [0.25, 0.3) is 18.0 Å². The lowest BCUT2D eigenvalue weighted by atomic mass is 10.0. The summed E-state index contributed by atoms with van der Waals surface area (Å²) in [5.74, 6) is -0.705. The zero-order valence-electron chi connectivity index (χ0n) is 18.9. The van der Waals surface area contributed by atoms with Gasteiger partial charge in [-0.1, -0.05) is 18.2 Å². The SMILES string of the molecule is CCn1ncc(-c2cc(C(=O)Nc3cc(OCC(F)F)cc([N+](=O)[O-])c3)c3ccccc3n2)c1C. The fourth-order valence-corrected chi connectivity index (χ4v) is 3.72. The van der Waals surface area contributed by atoms with Gasteiger partial charge in [0, 0.05) is 35.3 Å². The number of aromatic nitrogens is 3. The third-order valence-electron chi connectivity index (χ3n) is 5.38. The first kappa shape index (κ1) is 23.7. The molecule has 1 amide bonds. The maximum absolute atomic E-state index is 13.3. The number of hydrogen-bond donors (Lipinski definition) is 1. The van der Waals surface area contributed by atoms with Crippen LogP contribution in [0.1, 0.15) is 23.0 Å². The first-order chi connectivity index (χ1) is 16.8. The largest absolute Gasteiger partial charge is 0.487 e. The molecule has 0 fully saturated rings. The molecular weight excluding hydrogens is 460 g/mol. The minimum atomic E-state index is -2.76. The van der Waals surface area contributed by atoms with E-state index in [1.165, 1.54) is 6.07 Å². The fourth-order valence-electron chi connectivity index (χ4n) is 3.72. The third-order valence-corrected chi connectivity index (χ3v) is 5.38. The van der Waals surface area contributed by atoms with Crippen molar-refractivity contribution in [2.75, 3.05) is 11.9 Å². The van der Waals surface area contributed by atoms with E-state index in [0.29, 0.717) is 23.1 Å².